The van der Waals surface area contributed by atoms with Gasteiger partial charge < -0.3 is 10.5 Å². The Morgan fingerprint density at radius 3 is 2.67 bits per heavy atom. The molecule has 1 aromatic heterocycles. The van der Waals surface area contributed by atoms with Crippen LogP contribution in [0.5, 0.6) is 5.88 Å². The van der Waals surface area contributed by atoms with E-state index in [-0.39, 0.29) is 22.7 Å². The van der Waals surface area contributed by atoms with Crippen LogP contribution in [0.1, 0.15) is 5.56 Å². The minimum atomic E-state index is -3.95. The third-order valence-corrected chi connectivity index (χ3v) is 4.23. The average molecular weight is 311 g/mol. The Bertz CT molecular complexity index is 733. The molecule has 0 unspecified atom stereocenters. The summed E-state index contributed by atoms with van der Waals surface area (Å²) in [7, 11) is -2.50. The summed E-state index contributed by atoms with van der Waals surface area (Å²) in [5, 5.41) is 0. The molecule has 0 radical (unpaired) electrons. The molecular formula is C13H14FN3O3S. The quantitative estimate of drug-likeness (QED) is 0.872. The van der Waals surface area contributed by atoms with Crippen molar-refractivity contribution in [2.45, 2.75) is 11.4 Å². The molecule has 112 valence electrons. The van der Waals surface area contributed by atoms with Crippen LogP contribution in [-0.4, -0.2) is 20.5 Å². The van der Waals surface area contributed by atoms with Crippen molar-refractivity contribution in [3.63, 3.8) is 0 Å². The van der Waals surface area contributed by atoms with Crippen LogP contribution in [0.2, 0.25) is 0 Å². The van der Waals surface area contributed by atoms with E-state index >= 15 is 0 Å². The highest BCUT2D eigenvalue weighted by molar-refractivity contribution is 7.92. The number of sulfonamides is 1. The second-order valence-electron chi connectivity index (χ2n) is 4.12. The van der Waals surface area contributed by atoms with E-state index in [9.17, 15) is 12.8 Å². The number of ether oxygens (including phenoxy) is 1. The first-order valence-electron chi connectivity index (χ1n) is 5.98. The maximum atomic E-state index is 13.6. The standard InChI is InChI=1S/C13H14FN3O3S/c1-20-13-6-5-9(8-16-13)17-21(18,19)12-4-2-3-11(14)10(12)7-15/h2-6,8,17H,7,15H2,1H3. The van der Waals surface area contributed by atoms with Gasteiger partial charge in [0.05, 0.1) is 23.9 Å². The number of nitrogens with two attached hydrogens (primary N) is 1. The summed E-state index contributed by atoms with van der Waals surface area (Å²) in [6, 6.07) is 6.77. The highest BCUT2D eigenvalue weighted by atomic mass is 32.2. The number of pyridine rings is 1. The molecule has 0 saturated heterocycles. The Hall–Kier alpha value is -2.19. The summed E-state index contributed by atoms with van der Waals surface area (Å²) in [5.41, 5.74) is 5.59. The van der Waals surface area contributed by atoms with Gasteiger partial charge >= 0.3 is 0 Å². The van der Waals surface area contributed by atoms with Crippen LogP contribution in [0, 0.1) is 5.82 Å². The zero-order valence-corrected chi connectivity index (χ0v) is 12.0. The van der Waals surface area contributed by atoms with Crippen LogP contribution in [-0.2, 0) is 16.6 Å². The lowest BCUT2D eigenvalue weighted by atomic mass is 10.2. The minimum Gasteiger partial charge on any atom is -0.481 e. The van der Waals surface area contributed by atoms with E-state index in [0.29, 0.717) is 5.88 Å². The normalized spacial score (nSPS) is 11.2. The molecule has 21 heavy (non-hydrogen) atoms. The van der Waals surface area contributed by atoms with Crippen molar-refractivity contribution in [1.29, 1.82) is 0 Å². The van der Waals surface area contributed by atoms with Gasteiger partial charge in [0.15, 0.2) is 0 Å². The van der Waals surface area contributed by atoms with Gasteiger partial charge in [0.25, 0.3) is 10.0 Å². The van der Waals surface area contributed by atoms with Crippen molar-refractivity contribution in [2.24, 2.45) is 5.73 Å². The number of aromatic nitrogens is 1. The highest BCUT2D eigenvalue weighted by Crippen LogP contribution is 2.22. The lowest BCUT2D eigenvalue weighted by Gasteiger charge is -2.12. The van der Waals surface area contributed by atoms with Crippen molar-refractivity contribution in [3.8, 4) is 5.88 Å². The zero-order chi connectivity index (χ0) is 15.5. The molecule has 0 spiro atoms. The van der Waals surface area contributed by atoms with Crippen LogP contribution in [0.3, 0.4) is 0 Å². The Labute approximate surface area is 121 Å². The van der Waals surface area contributed by atoms with Gasteiger partial charge in [-0.2, -0.15) is 0 Å². The molecular weight excluding hydrogens is 297 g/mol. The molecule has 0 saturated carbocycles. The summed E-state index contributed by atoms with van der Waals surface area (Å²) in [6.07, 6.45) is 1.30. The average Bonchev–Trinajstić information content (AvgIpc) is 2.47. The fraction of sp³-hybridized carbons (Fsp3) is 0.154. The Morgan fingerprint density at radius 1 is 1.33 bits per heavy atom. The molecule has 0 amide bonds. The van der Waals surface area contributed by atoms with Crippen LogP contribution in [0.4, 0.5) is 10.1 Å². The molecule has 1 heterocycles. The van der Waals surface area contributed by atoms with Gasteiger partial charge in [-0.25, -0.2) is 17.8 Å². The van der Waals surface area contributed by atoms with E-state index in [4.69, 9.17) is 10.5 Å². The molecule has 0 aliphatic carbocycles. The number of hydrogen-bond donors (Lipinski definition) is 2. The number of nitrogens with one attached hydrogen (secondary N) is 1. The van der Waals surface area contributed by atoms with Gasteiger partial charge in [0, 0.05) is 18.2 Å². The first kappa shape index (κ1) is 15.2. The van der Waals surface area contributed by atoms with Crippen LogP contribution >= 0.6 is 0 Å². The number of benzene rings is 1. The first-order chi connectivity index (χ1) is 9.97. The van der Waals surface area contributed by atoms with E-state index in [1.54, 1.807) is 0 Å². The highest BCUT2D eigenvalue weighted by Gasteiger charge is 2.20. The SMILES string of the molecule is COc1ccc(NS(=O)(=O)c2cccc(F)c2CN)cn1. The molecule has 1 aromatic carbocycles. The summed E-state index contributed by atoms with van der Waals surface area (Å²) in [4.78, 5) is 3.69. The maximum absolute atomic E-state index is 13.6. The lowest BCUT2D eigenvalue weighted by molar-refractivity contribution is 0.398. The second-order valence-corrected chi connectivity index (χ2v) is 5.77. The van der Waals surface area contributed by atoms with Gasteiger partial charge in [0.1, 0.15) is 5.82 Å². The fourth-order valence-corrected chi connectivity index (χ4v) is 3.06. The number of halogens is 1. The Balaban J connectivity index is 2.36. The molecule has 2 rings (SSSR count). The number of anilines is 1. The van der Waals surface area contributed by atoms with E-state index in [1.807, 2.05) is 0 Å². The zero-order valence-electron chi connectivity index (χ0n) is 11.2. The maximum Gasteiger partial charge on any atom is 0.262 e. The second kappa shape index (κ2) is 6.06. The molecule has 0 fully saturated rings. The van der Waals surface area contributed by atoms with Gasteiger partial charge in [-0.15, -0.1) is 0 Å². The topological polar surface area (TPSA) is 94.3 Å². The summed E-state index contributed by atoms with van der Waals surface area (Å²) >= 11 is 0. The third-order valence-electron chi connectivity index (χ3n) is 2.77. The molecule has 0 aliphatic rings. The molecule has 3 N–H and O–H groups in total. The number of methoxy groups -OCH3 is 1. The molecule has 0 bridgehead atoms. The molecule has 0 atom stereocenters. The summed E-state index contributed by atoms with van der Waals surface area (Å²) in [6.45, 7) is -0.218. The van der Waals surface area contributed by atoms with Gasteiger partial charge in [-0.1, -0.05) is 6.07 Å². The minimum absolute atomic E-state index is 0.0635. The van der Waals surface area contributed by atoms with Gasteiger partial charge in [0.2, 0.25) is 5.88 Å². The summed E-state index contributed by atoms with van der Waals surface area (Å²) in [5.74, 6) is -0.306. The number of rotatable bonds is 5. The summed E-state index contributed by atoms with van der Waals surface area (Å²) < 4.78 is 45.4. The van der Waals surface area contributed by atoms with Crippen molar-refractivity contribution in [1.82, 2.24) is 4.98 Å². The Kier molecular flexibility index (Phi) is 4.39. The van der Waals surface area contributed by atoms with E-state index < -0.39 is 15.8 Å². The number of hydrogen-bond acceptors (Lipinski definition) is 5. The van der Waals surface area contributed by atoms with E-state index in [1.165, 1.54) is 37.6 Å². The first-order valence-corrected chi connectivity index (χ1v) is 7.46. The van der Waals surface area contributed by atoms with Crippen molar-refractivity contribution < 1.29 is 17.5 Å². The largest absolute Gasteiger partial charge is 0.481 e. The predicted molar refractivity (Wildman–Crippen MR) is 75.9 cm³/mol. The smallest absolute Gasteiger partial charge is 0.262 e. The molecule has 0 aliphatic heterocycles. The van der Waals surface area contributed by atoms with E-state index in [2.05, 4.69) is 9.71 Å². The van der Waals surface area contributed by atoms with Crippen molar-refractivity contribution in [3.05, 3.63) is 47.9 Å². The Morgan fingerprint density at radius 2 is 2.10 bits per heavy atom. The van der Waals surface area contributed by atoms with Gasteiger partial charge in [-0.3, -0.25) is 4.72 Å². The van der Waals surface area contributed by atoms with E-state index in [0.717, 1.165) is 6.07 Å². The fourth-order valence-electron chi connectivity index (χ4n) is 1.76. The molecule has 2 aromatic rings. The van der Waals surface area contributed by atoms with Gasteiger partial charge in [-0.05, 0) is 18.2 Å². The van der Waals surface area contributed by atoms with Crippen molar-refractivity contribution in [2.75, 3.05) is 11.8 Å². The predicted octanol–water partition coefficient (Wildman–Crippen LogP) is 1.49. The monoisotopic (exact) mass is 311 g/mol. The van der Waals surface area contributed by atoms with Crippen LogP contribution in [0.25, 0.3) is 0 Å². The van der Waals surface area contributed by atoms with Crippen molar-refractivity contribution >= 4 is 15.7 Å². The number of nitrogens with zero attached hydrogens (tertiary/aromatic N) is 1. The van der Waals surface area contributed by atoms with Crippen LogP contribution < -0.4 is 15.2 Å². The van der Waals surface area contributed by atoms with Crippen LogP contribution in [0.15, 0.2) is 41.4 Å². The lowest BCUT2D eigenvalue weighted by Crippen LogP contribution is -2.17. The molecule has 6 nitrogen and oxygen atoms in total. The molecule has 8 heteroatoms. The third kappa shape index (κ3) is 3.29.